The minimum Gasteiger partial charge on any atom is -0.491 e. The minimum atomic E-state index is 0.0350. The van der Waals surface area contributed by atoms with Gasteiger partial charge in [-0.25, -0.2) is 0 Å². The Hall–Kier alpha value is -1.10. The van der Waals surface area contributed by atoms with E-state index in [1.165, 1.54) is 12.0 Å². The summed E-state index contributed by atoms with van der Waals surface area (Å²) in [4.78, 5) is 0. The SMILES string of the molecule is CNC(CC1(OC)CCC1)c1ccccc1OCCOC. The average Bonchev–Trinajstić information content (AvgIpc) is 2.48. The second-order valence-corrected chi connectivity index (χ2v) is 5.67. The van der Waals surface area contributed by atoms with Crippen LogP contribution in [-0.2, 0) is 9.47 Å². The van der Waals surface area contributed by atoms with Crippen molar-refractivity contribution in [3.05, 3.63) is 29.8 Å². The van der Waals surface area contributed by atoms with Crippen molar-refractivity contribution in [3.8, 4) is 5.75 Å². The number of hydrogen-bond acceptors (Lipinski definition) is 4. The third kappa shape index (κ3) is 3.96. The molecule has 0 heterocycles. The maximum atomic E-state index is 5.85. The molecule has 1 unspecified atom stereocenters. The second-order valence-electron chi connectivity index (χ2n) is 5.67. The van der Waals surface area contributed by atoms with Gasteiger partial charge in [0, 0.05) is 25.8 Å². The van der Waals surface area contributed by atoms with Crippen molar-refractivity contribution in [1.29, 1.82) is 0 Å². The molecule has 0 bridgehead atoms. The Labute approximate surface area is 127 Å². The van der Waals surface area contributed by atoms with Crippen LogP contribution in [0.25, 0.3) is 0 Å². The lowest BCUT2D eigenvalue weighted by molar-refractivity contribution is -0.0835. The molecule has 0 aliphatic heterocycles. The summed E-state index contributed by atoms with van der Waals surface area (Å²) in [6.07, 6.45) is 4.53. The van der Waals surface area contributed by atoms with Crippen molar-refractivity contribution >= 4 is 0 Å². The molecule has 1 atom stereocenters. The van der Waals surface area contributed by atoms with Crippen molar-refractivity contribution in [1.82, 2.24) is 5.32 Å². The third-order valence-electron chi connectivity index (χ3n) is 4.46. The standard InChI is InChI=1S/C17H27NO3/c1-18-15(13-17(20-3)9-6-10-17)14-7-4-5-8-16(14)21-12-11-19-2/h4-5,7-8,15,18H,6,9-13H2,1-3H3. The summed E-state index contributed by atoms with van der Waals surface area (Å²) >= 11 is 0. The minimum absolute atomic E-state index is 0.0350. The van der Waals surface area contributed by atoms with E-state index in [0.29, 0.717) is 13.2 Å². The van der Waals surface area contributed by atoms with Crippen LogP contribution in [0.1, 0.15) is 37.3 Å². The molecule has 1 N–H and O–H groups in total. The van der Waals surface area contributed by atoms with Gasteiger partial charge in [-0.1, -0.05) is 18.2 Å². The van der Waals surface area contributed by atoms with Crippen molar-refractivity contribution in [2.45, 2.75) is 37.3 Å². The van der Waals surface area contributed by atoms with Gasteiger partial charge in [0.15, 0.2) is 0 Å². The topological polar surface area (TPSA) is 39.7 Å². The summed E-state index contributed by atoms with van der Waals surface area (Å²) in [6, 6.07) is 8.46. The molecule has 1 aromatic rings. The van der Waals surface area contributed by atoms with Gasteiger partial charge in [0.05, 0.1) is 12.2 Å². The lowest BCUT2D eigenvalue weighted by Crippen LogP contribution is -2.42. The van der Waals surface area contributed by atoms with Gasteiger partial charge in [-0.15, -0.1) is 0 Å². The maximum absolute atomic E-state index is 5.85. The molecule has 0 aromatic heterocycles. The van der Waals surface area contributed by atoms with Crippen molar-refractivity contribution in [2.24, 2.45) is 0 Å². The molecule has 1 saturated carbocycles. The number of nitrogens with one attached hydrogen (secondary N) is 1. The Morgan fingerprint density at radius 3 is 2.52 bits per heavy atom. The molecule has 118 valence electrons. The molecule has 0 amide bonds. The smallest absolute Gasteiger partial charge is 0.124 e. The van der Waals surface area contributed by atoms with E-state index in [-0.39, 0.29) is 11.6 Å². The fraction of sp³-hybridized carbons (Fsp3) is 0.647. The zero-order valence-corrected chi connectivity index (χ0v) is 13.4. The summed E-state index contributed by atoms with van der Waals surface area (Å²) in [6.45, 7) is 1.17. The highest BCUT2D eigenvalue weighted by Gasteiger charge is 2.39. The fourth-order valence-corrected chi connectivity index (χ4v) is 2.94. The number of hydrogen-bond donors (Lipinski definition) is 1. The van der Waals surface area contributed by atoms with Gasteiger partial charge in [-0.2, -0.15) is 0 Å². The van der Waals surface area contributed by atoms with E-state index in [1.807, 2.05) is 26.3 Å². The van der Waals surface area contributed by atoms with E-state index >= 15 is 0 Å². The largest absolute Gasteiger partial charge is 0.491 e. The van der Waals surface area contributed by atoms with E-state index < -0.39 is 0 Å². The molecule has 4 heteroatoms. The number of para-hydroxylation sites is 1. The second kappa shape index (κ2) is 7.78. The van der Waals surface area contributed by atoms with Gasteiger partial charge in [-0.05, 0) is 38.8 Å². The first-order valence-corrected chi connectivity index (χ1v) is 7.68. The van der Waals surface area contributed by atoms with Crippen LogP contribution < -0.4 is 10.1 Å². The molecule has 1 aromatic carbocycles. The molecule has 2 rings (SSSR count). The van der Waals surface area contributed by atoms with Crippen molar-refractivity contribution < 1.29 is 14.2 Å². The highest BCUT2D eigenvalue weighted by molar-refractivity contribution is 5.36. The maximum Gasteiger partial charge on any atom is 0.124 e. The summed E-state index contributed by atoms with van der Waals surface area (Å²) in [5.41, 5.74) is 1.23. The first-order valence-electron chi connectivity index (χ1n) is 7.68. The molecule has 0 spiro atoms. The zero-order chi connectivity index (χ0) is 15.1. The van der Waals surface area contributed by atoms with Crippen LogP contribution in [0, 0.1) is 0 Å². The van der Waals surface area contributed by atoms with Gasteiger partial charge in [0.2, 0.25) is 0 Å². The lowest BCUT2D eigenvalue weighted by atomic mass is 9.74. The van der Waals surface area contributed by atoms with Gasteiger partial charge >= 0.3 is 0 Å². The van der Waals surface area contributed by atoms with Crippen molar-refractivity contribution in [3.63, 3.8) is 0 Å². The Kier molecular flexibility index (Phi) is 6.03. The number of ether oxygens (including phenoxy) is 3. The zero-order valence-electron chi connectivity index (χ0n) is 13.4. The molecule has 4 nitrogen and oxygen atoms in total. The summed E-state index contributed by atoms with van der Waals surface area (Å²) in [7, 11) is 5.51. The normalized spacial score (nSPS) is 18.0. The fourth-order valence-electron chi connectivity index (χ4n) is 2.94. The molecule has 21 heavy (non-hydrogen) atoms. The molecule has 1 aliphatic carbocycles. The van der Waals surface area contributed by atoms with Crippen LogP contribution in [0.3, 0.4) is 0 Å². The summed E-state index contributed by atoms with van der Waals surface area (Å²) in [5, 5.41) is 3.42. The van der Waals surface area contributed by atoms with E-state index in [2.05, 4.69) is 17.4 Å². The highest BCUT2D eigenvalue weighted by atomic mass is 16.5. The van der Waals surface area contributed by atoms with Gasteiger partial charge in [-0.3, -0.25) is 0 Å². The Morgan fingerprint density at radius 2 is 1.95 bits per heavy atom. The first kappa shape index (κ1) is 16.3. The van der Waals surface area contributed by atoms with Crippen molar-refractivity contribution in [2.75, 3.05) is 34.5 Å². The highest BCUT2D eigenvalue weighted by Crippen LogP contribution is 2.43. The molecule has 1 fully saturated rings. The Morgan fingerprint density at radius 1 is 1.19 bits per heavy atom. The van der Waals surface area contributed by atoms with Crippen LogP contribution in [0.15, 0.2) is 24.3 Å². The van der Waals surface area contributed by atoms with Crippen LogP contribution in [0.5, 0.6) is 5.75 Å². The van der Waals surface area contributed by atoms with E-state index in [9.17, 15) is 0 Å². The Bertz CT molecular complexity index is 426. The number of rotatable bonds is 9. The van der Waals surface area contributed by atoms with Gasteiger partial charge in [0.1, 0.15) is 12.4 Å². The number of methoxy groups -OCH3 is 2. The molecular weight excluding hydrogens is 266 g/mol. The number of benzene rings is 1. The monoisotopic (exact) mass is 293 g/mol. The first-order chi connectivity index (χ1) is 10.2. The van der Waals surface area contributed by atoms with E-state index in [1.54, 1.807) is 7.11 Å². The lowest BCUT2D eigenvalue weighted by Gasteiger charge is -2.43. The predicted octanol–water partition coefficient (Wildman–Crippen LogP) is 2.93. The molecule has 0 radical (unpaired) electrons. The van der Waals surface area contributed by atoms with Crippen LogP contribution in [0.4, 0.5) is 0 Å². The van der Waals surface area contributed by atoms with Crippen LogP contribution >= 0.6 is 0 Å². The molecular formula is C17H27NO3. The average molecular weight is 293 g/mol. The van der Waals surface area contributed by atoms with Crippen LogP contribution in [0.2, 0.25) is 0 Å². The van der Waals surface area contributed by atoms with Gasteiger partial charge in [0.25, 0.3) is 0 Å². The molecule has 0 saturated heterocycles. The quantitative estimate of drug-likeness (QED) is 0.711. The molecule has 1 aliphatic rings. The predicted molar refractivity (Wildman–Crippen MR) is 83.8 cm³/mol. The summed E-state index contributed by atoms with van der Waals surface area (Å²) < 4.78 is 16.7. The van der Waals surface area contributed by atoms with Crippen LogP contribution in [-0.4, -0.2) is 40.1 Å². The van der Waals surface area contributed by atoms with E-state index in [4.69, 9.17) is 14.2 Å². The van der Waals surface area contributed by atoms with Gasteiger partial charge < -0.3 is 19.5 Å². The Balaban J connectivity index is 2.09. The third-order valence-corrected chi connectivity index (χ3v) is 4.46. The summed E-state index contributed by atoms with van der Waals surface area (Å²) in [5.74, 6) is 0.930. The van der Waals surface area contributed by atoms with E-state index in [0.717, 1.165) is 25.0 Å².